The Kier molecular flexibility index (Phi) is 21.8. The van der Waals surface area contributed by atoms with Gasteiger partial charge in [0.2, 0.25) is 6.29 Å². The fourth-order valence-corrected chi connectivity index (χ4v) is 19.1. The number of aliphatic hydroxyl groups is 17. The van der Waals surface area contributed by atoms with E-state index in [2.05, 4.69) is 26.8 Å². The zero-order chi connectivity index (χ0) is 70.9. The van der Waals surface area contributed by atoms with Crippen molar-refractivity contribution in [2.24, 2.45) is 55.7 Å². The highest BCUT2D eigenvalue weighted by Crippen LogP contribution is 2.76. The van der Waals surface area contributed by atoms with Gasteiger partial charge >= 0.3 is 11.9 Å². The molecule has 0 aromatic rings. The van der Waals surface area contributed by atoms with Gasteiger partial charge in [0.05, 0.1) is 68.8 Å². The predicted molar refractivity (Wildman–Crippen MR) is 321 cm³/mol. The van der Waals surface area contributed by atoms with Crippen LogP contribution in [0.1, 0.15) is 113 Å². The van der Waals surface area contributed by atoms with Crippen molar-refractivity contribution in [2.75, 3.05) is 39.6 Å². The van der Waals surface area contributed by atoms with Crippen molar-refractivity contribution in [3.05, 3.63) is 11.6 Å². The van der Waals surface area contributed by atoms with E-state index in [1.54, 1.807) is 0 Å². The Balaban J connectivity index is 0.842. The van der Waals surface area contributed by atoms with Gasteiger partial charge in [0.1, 0.15) is 110 Å². The molecule has 0 aromatic heterocycles. The van der Waals surface area contributed by atoms with Crippen molar-refractivity contribution >= 4 is 11.9 Å². The fourth-order valence-electron chi connectivity index (χ4n) is 19.1. The molecule has 556 valence electrons. The van der Waals surface area contributed by atoms with Gasteiger partial charge in [-0.15, -0.1) is 0 Å². The molecule has 0 spiro atoms. The van der Waals surface area contributed by atoms with Crippen molar-refractivity contribution in [1.82, 2.24) is 0 Å². The number of aliphatic carboxylic acids is 1. The van der Waals surface area contributed by atoms with Crippen molar-refractivity contribution in [1.29, 1.82) is 0 Å². The van der Waals surface area contributed by atoms with Gasteiger partial charge in [0, 0.05) is 10.8 Å². The van der Waals surface area contributed by atoms with Gasteiger partial charge in [-0.1, -0.05) is 46.3 Å². The highest BCUT2D eigenvalue weighted by atomic mass is 16.8. The smallest absolute Gasteiger partial charge is 0.315 e. The Hall–Kier alpha value is -2.44. The zero-order valence-electron chi connectivity index (χ0n) is 55.8. The Labute approximate surface area is 560 Å². The standard InChI is InChI=1S/C65H104O32/c1-25-35(71)41(77)48(95-54-45(81)47(94-56-49(82)60(5,22-68)24-87-56)46(26(2)89-54)93-51-42(78)38(74)32(21-86-51)92-52-43(79)39(75)36(72)30(19-66)90-52)55(88-25)97-58(85)64-14-13-59(3,4)17-28(64)27-9-10-33-61(6)18-29(70)50(96-53-44(80)40(76)37(73)31(20-67)91-53)63(8,57(83)84)34(61)11-12-62(33,7)65(27,23-69)16-15-64/h9,25-26,28-56,66-82H,10-24H2,1-8H3,(H,83,84)/t25-,26+,28+,29+,30-,31-,32-,33-,34?,35+,36+,37-,38+,39+,40+,41+,42-,43-,44-,45-,46+,47+,48-,49-,50+,51+,52+,53+,54+,55+,56+,60+,61-,62-,63+,64+,65+/m1/s1. The monoisotopic (exact) mass is 1400 g/mol. The molecule has 0 amide bonds. The minimum absolute atomic E-state index is 0.0125. The number of carbonyl (C=O) groups excluding carboxylic acids is 1. The number of rotatable bonds is 17. The van der Waals surface area contributed by atoms with Gasteiger partial charge in [-0.3, -0.25) is 9.59 Å². The normalized spacial score (nSPS) is 54.5. The molecule has 6 heterocycles. The lowest BCUT2D eigenvalue weighted by molar-refractivity contribution is -0.388. The first-order valence-electron chi connectivity index (χ1n) is 34.0. The average Bonchev–Trinajstić information content (AvgIpc) is 0.919. The number of ether oxygens (including phenoxy) is 12. The molecule has 32 nitrogen and oxygen atoms in total. The summed E-state index contributed by atoms with van der Waals surface area (Å²) in [4.78, 5) is 29.6. The minimum Gasteiger partial charge on any atom is -0.481 e. The molecule has 11 aliphatic rings. The van der Waals surface area contributed by atoms with Crippen LogP contribution in [0.15, 0.2) is 11.6 Å². The first-order valence-corrected chi connectivity index (χ1v) is 34.0. The van der Waals surface area contributed by atoms with Crippen LogP contribution in [0.2, 0.25) is 0 Å². The highest BCUT2D eigenvalue weighted by Gasteiger charge is 2.74. The second-order valence-corrected chi connectivity index (χ2v) is 31.5. The molecule has 11 rings (SSSR count). The van der Waals surface area contributed by atoms with Crippen LogP contribution in [0.5, 0.6) is 0 Å². The number of esters is 1. The number of carboxylic acid groups (broad SMARTS) is 1. The van der Waals surface area contributed by atoms with Gasteiger partial charge in [-0.05, 0) is 113 Å². The molecule has 18 N–H and O–H groups in total. The van der Waals surface area contributed by atoms with Crippen LogP contribution in [0.3, 0.4) is 0 Å². The summed E-state index contributed by atoms with van der Waals surface area (Å²) in [7, 11) is 0. The minimum atomic E-state index is -2.03. The third-order valence-electron chi connectivity index (χ3n) is 25.3. The van der Waals surface area contributed by atoms with Crippen LogP contribution in [-0.4, -0.2) is 316 Å². The largest absolute Gasteiger partial charge is 0.481 e. The number of allylic oxidation sites excluding steroid dienone is 1. The maximum Gasteiger partial charge on any atom is 0.315 e. The molecule has 4 saturated carbocycles. The van der Waals surface area contributed by atoms with E-state index in [4.69, 9.17) is 56.8 Å². The van der Waals surface area contributed by atoms with Gasteiger partial charge in [-0.2, -0.15) is 0 Å². The van der Waals surface area contributed by atoms with E-state index in [0.29, 0.717) is 32.1 Å². The SMILES string of the molecule is C[C@@H]1O[C@@H](O[C@H]2[C@H](OC(=O)[C@]34CCC(C)(C)C[C@H]3C3=CC[C@@H]5[C@@]6(C)C[C@H](O)[C@H](O[C@@H]7O[C@H](CO)[C@@H](O)[C@H](O)[C@H]7O)[C@@](C)(C(=O)O)C6CC[C@@]5(C)[C@]3(CO)CC4)O[C@H](C)[C@H](O)[C@@H]2O)[C@H](O)[C@H](O[C@@H]2OC[C@](C)(CO)[C@@H]2O)[C@H]1O[C@@H]1OC[C@@H](O[C@@H]2O[C@H](CO)[C@H](O)[C@H](O)[C@H]2O)[C@H](O)[C@H]1O. The maximum atomic E-state index is 15.8. The maximum absolute atomic E-state index is 15.8. The van der Waals surface area contributed by atoms with Crippen molar-refractivity contribution in [2.45, 2.75) is 285 Å². The van der Waals surface area contributed by atoms with E-state index in [0.717, 1.165) is 5.57 Å². The second-order valence-electron chi connectivity index (χ2n) is 31.5. The predicted octanol–water partition coefficient (Wildman–Crippen LogP) is -4.77. The van der Waals surface area contributed by atoms with E-state index in [1.165, 1.54) is 27.7 Å². The van der Waals surface area contributed by atoms with Crippen LogP contribution < -0.4 is 0 Å². The number of fused-ring (bicyclic) bond motifs is 7. The van der Waals surface area contributed by atoms with E-state index in [9.17, 15) is 96.7 Å². The zero-order valence-corrected chi connectivity index (χ0v) is 55.8. The fraction of sp³-hybridized carbons (Fsp3) is 0.938. The van der Waals surface area contributed by atoms with Crippen LogP contribution in [0.4, 0.5) is 0 Å². The van der Waals surface area contributed by atoms with Crippen LogP contribution in [0, 0.1) is 55.7 Å². The van der Waals surface area contributed by atoms with Gasteiger partial charge < -0.3 is 149 Å². The number of hydrogen-bond donors (Lipinski definition) is 18. The second kappa shape index (κ2) is 27.9. The Bertz CT molecular complexity index is 2800. The third-order valence-corrected chi connectivity index (χ3v) is 25.3. The highest BCUT2D eigenvalue weighted by molar-refractivity contribution is 5.79. The van der Waals surface area contributed by atoms with Gasteiger partial charge in [0.15, 0.2) is 37.6 Å². The lowest BCUT2D eigenvalue weighted by atomic mass is 9.33. The molecule has 0 bridgehead atoms. The first kappa shape index (κ1) is 75.7. The molecule has 1 unspecified atom stereocenters. The molecule has 37 atom stereocenters. The molecule has 97 heavy (non-hydrogen) atoms. The summed E-state index contributed by atoms with van der Waals surface area (Å²) < 4.78 is 72.5. The summed E-state index contributed by atoms with van der Waals surface area (Å²) in [6.07, 6.45) is -42.2. The molecular formula is C65H104O32. The van der Waals surface area contributed by atoms with Crippen LogP contribution in [0.25, 0.3) is 0 Å². The molecule has 6 saturated heterocycles. The van der Waals surface area contributed by atoms with Crippen molar-refractivity contribution < 1.29 is 158 Å². The van der Waals surface area contributed by atoms with E-state index >= 15 is 4.79 Å². The third kappa shape index (κ3) is 12.5. The Morgan fingerprint density at radius 2 is 1.11 bits per heavy atom. The number of hydrogen-bond acceptors (Lipinski definition) is 31. The summed E-state index contributed by atoms with van der Waals surface area (Å²) in [6, 6.07) is 0. The Morgan fingerprint density at radius 3 is 1.71 bits per heavy atom. The molecule has 0 radical (unpaired) electrons. The number of carboxylic acids is 1. The molecule has 10 fully saturated rings. The molecule has 32 heteroatoms. The lowest BCUT2D eigenvalue weighted by Gasteiger charge is -2.71. The number of aliphatic hydroxyl groups excluding tert-OH is 17. The van der Waals surface area contributed by atoms with Gasteiger partial charge in [0.25, 0.3) is 0 Å². The summed E-state index contributed by atoms with van der Waals surface area (Å²) in [5.41, 5.74) is -6.66. The first-order chi connectivity index (χ1) is 45.5. The molecule has 6 aliphatic heterocycles. The molecular weight excluding hydrogens is 1290 g/mol. The van der Waals surface area contributed by atoms with Crippen molar-refractivity contribution in [3.8, 4) is 0 Å². The summed E-state index contributed by atoms with van der Waals surface area (Å²) >= 11 is 0. The van der Waals surface area contributed by atoms with E-state index in [1.807, 2.05) is 6.92 Å². The summed E-state index contributed by atoms with van der Waals surface area (Å²) in [5.74, 6) is -3.66. The number of carbonyl (C=O) groups is 2. The van der Waals surface area contributed by atoms with Crippen molar-refractivity contribution in [3.63, 3.8) is 0 Å². The molecule has 0 aromatic carbocycles. The summed E-state index contributed by atoms with van der Waals surface area (Å²) in [6.45, 7) is 10.9. The van der Waals surface area contributed by atoms with Crippen LogP contribution in [-0.2, 0) is 66.4 Å². The van der Waals surface area contributed by atoms with E-state index in [-0.39, 0.29) is 50.2 Å². The quantitative estimate of drug-likeness (QED) is 0.0369. The van der Waals surface area contributed by atoms with Gasteiger partial charge in [-0.25, -0.2) is 0 Å². The van der Waals surface area contributed by atoms with Crippen LogP contribution >= 0.6 is 0 Å². The average molecular weight is 1400 g/mol. The topological polar surface area (TPSA) is 509 Å². The lowest BCUT2D eigenvalue weighted by Crippen LogP contribution is -2.71. The molecule has 5 aliphatic carbocycles. The Morgan fingerprint density at radius 1 is 0.536 bits per heavy atom. The van der Waals surface area contributed by atoms with E-state index < -0.39 is 255 Å². The summed E-state index contributed by atoms with van der Waals surface area (Å²) in [5, 5.41) is 199.